The van der Waals surface area contributed by atoms with Crippen molar-refractivity contribution in [3.8, 4) is 0 Å². The highest BCUT2D eigenvalue weighted by atomic mass is 15.4. The van der Waals surface area contributed by atoms with Crippen LogP contribution in [0.5, 0.6) is 0 Å². The Bertz CT molecular complexity index is 714. The first-order valence-electron chi connectivity index (χ1n) is 9.69. The quantitative estimate of drug-likeness (QED) is 0.907. The normalized spacial score (nSPS) is 20.0. The molecule has 1 unspecified atom stereocenters. The van der Waals surface area contributed by atoms with Crippen molar-refractivity contribution >= 4 is 17.3 Å². The lowest BCUT2D eigenvalue weighted by Crippen LogP contribution is -2.30. The van der Waals surface area contributed by atoms with Crippen molar-refractivity contribution < 1.29 is 0 Å². The van der Waals surface area contributed by atoms with Crippen molar-refractivity contribution in [2.75, 3.05) is 44.0 Å². The second-order valence-electron chi connectivity index (χ2n) is 7.00. The van der Waals surface area contributed by atoms with E-state index < -0.39 is 0 Å². The third-order valence-corrected chi connectivity index (χ3v) is 5.04. The molecule has 0 radical (unpaired) electrons. The summed E-state index contributed by atoms with van der Waals surface area (Å²) in [6.07, 6.45) is 5.97. The van der Waals surface area contributed by atoms with E-state index in [1.807, 2.05) is 13.8 Å². The van der Waals surface area contributed by atoms with Crippen LogP contribution in [0.15, 0.2) is 6.07 Å². The van der Waals surface area contributed by atoms with Crippen molar-refractivity contribution in [1.29, 1.82) is 0 Å². The van der Waals surface area contributed by atoms with Crippen LogP contribution in [0.1, 0.15) is 56.8 Å². The topological polar surface area (TPSA) is 48.7 Å². The van der Waals surface area contributed by atoms with Gasteiger partial charge in [-0.25, -0.2) is 4.98 Å². The Hall–Kier alpha value is -1.82. The second kappa shape index (κ2) is 7.60. The summed E-state index contributed by atoms with van der Waals surface area (Å²) < 4.78 is 2.06. The summed E-state index contributed by atoms with van der Waals surface area (Å²) in [4.78, 5) is 9.36. The lowest BCUT2D eigenvalue weighted by molar-refractivity contribution is 0.404. The van der Waals surface area contributed by atoms with Gasteiger partial charge in [0.05, 0.1) is 11.7 Å². The number of nitrogens with one attached hydrogen (secondary N) is 1. The molecule has 0 aromatic carbocycles. The molecule has 0 saturated carbocycles. The minimum Gasteiger partial charge on any atom is -0.362 e. The maximum atomic E-state index is 4.93. The Balaban J connectivity index is 0.000000880. The van der Waals surface area contributed by atoms with Gasteiger partial charge in [0.1, 0.15) is 11.6 Å². The number of fused-ring (bicyclic) bond motifs is 3. The predicted octanol–water partition coefficient (Wildman–Crippen LogP) is 3.02. The third kappa shape index (κ3) is 3.32. The smallest absolute Gasteiger partial charge is 0.160 e. The van der Waals surface area contributed by atoms with Gasteiger partial charge >= 0.3 is 0 Å². The second-order valence-corrected chi connectivity index (χ2v) is 7.00. The van der Waals surface area contributed by atoms with Gasteiger partial charge in [-0.1, -0.05) is 20.3 Å². The van der Waals surface area contributed by atoms with Crippen LogP contribution in [0.25, 0.3) is 5.65 Å². The fraction of sp³-hybridized carbons (Fsp3) is 0.684. The van der Waals surface area contributed by atoms with Crippen molar-refractivity contribution in [3.63, 3.8) is 0 Å². The van der Waals surface area contributed by atoms with Gasteiger partial charge in [-0.15, -0.1) is 0 Å². The Labute approximate surface area is 151 Å². The molecule has 4 heterocycles. The fourth-order valence-electron chi connectivity index (χ4n) is 3.89. The number of nitrogens with zero attached hydrogens (tertiary/aromatic N) is 5. The zero-order valence-electron chi connectivity index (χ0n) is 16.3. The van der Waals surface area contributed by atoms with Crippen molar-refractivity contribution in [2.45, 2.75) is 52.0 Å². The molecular weight excluding hydrogens is 312 g/mol. The van der Waals surface area contributed by atoms with Crippen LogP contribution < -0.4 is 15.1 Å². The number of anilines is 2. The number of piperidine rings is 1. The molecule has 0 aliphatic carbocycles. The summed E-state index contributed by atoms with van der Waals surface area (Å²) in [6, 6.07) is 2.54. The summed E-state index contributed by atoms with van der Waals surface area (Å²) in [7, 11) is 6.32. The van der Waals surface area contributed by atoms with E-state index in [1.54, 1.807) is 0 Å². The fourth-order valence-corrected chi connectivity index (χ4v) is 3.89. The molecule has 4 rings (SSSR count). The molecule has 6 nitrogen and oxygen atoms in total. The maximum absolute atomic E-state index is 4.93. The summed E-state index contributed by atoms with van der Waals surface area (Å²) in [5.41, 5.74) is 3.42. The van der Waals surface area contributed by atoms with Gasteiger partial charge in [-0.3, -0.25) is 0 Å². The molecule has 0 amide bonds. The largest absolute Gasteiger partial charge is 0.362 e. The molecule has 138 valence electrons. The Morgan fingerprint density at radius 3 is 2.68 bits per heavy atom. The van der Waals surface area contributed by atoms with Crippen LogP contribution >= 0.6 is 0 Å². The summed E-state index contributed by atoms with van der Waals surface area (Å²) in [5.74, 6) is 2.30. The van der Waals surface area contributed by atoms with Crippen LogP contribution in [0.3, 0.4) is 0 Å². The van der Waals surface area contributed by atoms with E-state index in [9.17, 15) is 0 Å². The number of hydrogen-bond acceptors (Lipinski definition) is 5. The van der Waals surface area contributed by atoms with E-state index in [0.717, 1.165) is 36.7 Å². The minimum atomic E-state index is 0.373. The molecule has 25 heavy (non-hydrogen) atoms. The number of rotatable bonds is 2. The molecule has 6 heteroatoms. The Kier molecular flexibility index (Phi) is 5.47. The lowest BCUT2D eigenvalue weighted by Gasteiger charge is -2.30. The van der Waals surface area contributed by atoms with Crippen LogP contribution in [-0.4, -0.2) is 48.8 Å². The first kappa shape index (κ1) is 18.0. The standard InChI is InChI=1S/C17H26N6.C2H6/c1-21(2)16-12-7-6-10-22(3)17(12)23-15(19-16)11-14(20-23)13-8-4-5-9-18-13;1-2/h11,13,18H,4-10H2,1-3H3;1-2H3. The summed E-state index contributed by atoms with van der Waals surface area (Å²) in [6.45, 7) is 6.17. The first-order chi connectivity index (χ1) is 12.1. The molecule has 1 fully saturated rings. The van der Waals surface area contributed by atoms with Crippen LogP contribution in [0.2, 0.25) is 0 Å². The average Bonchev–Trinajstić information content (AvgIpc) is 3.07. The Morgan fingerprint density at radius 1 is 1.20 bits per heavy atom. The molecule has 2 aromatic rings. The highest BCUT2D eigenvalue weighted by Gasteiger charge is 2.26. The number of aromatic nitrogens is 3. The SMILES string of the molecule is CC.CN(C)c1nc2cc(C3CCCCN3)nn2c2c1CCCN2C. The summed E-state index contributed by atoms with van der Waals surface area (Å²) in [5, 5.41) is 8.53. The molecule has 2 aliphatic rings. The zero-order chi connectivity index (χ0) is 18.0. The van der Waals surface area contributed by atoms with Gasteiger partial charge in [0.15, 0.2) is 5.65 Å². The van der Waals surface area contributed by atoms with Gasteiger partial charge in [0, 0.05) is 39.3 Å². The third-order valence-electron chi connectivity index (χ3n) is 5.04. The molecule has 2 aromatic heterocycles. The van der Waals surface area contributed by atoms with Gasteiger partial charge in [0.25, 0.3) is 0 Å². The lowest BCUT2D eigenvalue weighted by atomic mass is 10.0. The minimum absolute atomic E-state index is 0.373. The highest BCUT2D eigenvalue weighted by Crippen LogP contribution is 2.34. The van der Waals surface area contributed by atoms with Gasteiger partial charge in [-0.2, -0.15) is 9.61 Å². The zero-order valence-corrected chi connectivity index (χ0v) is 16.3. The van der Waals surface area contributed by atoms with Crippen molar-refractivity contribution in [2.24, 2.45) is 0 Å². The highest BCUT2D eigenvalue weighted by molar-refractivity contribution is 5.67. The monoisotopic (exact) mass is 344 g/mol. The molecular formula is C19H32N6. The van der Waals surface area contributed by atoms with E-state index in [2.05, 4.69) is 46.8 Å². The molecule has 2 aliphatic heterocycles. The van der Waals surface area contributed by atoms with Crippen LogP contribution in [0.4, 0.5) is 11.6 Å². The average molecular weight is 345 g/mol. The van der Waals surface area contributed by atoms with E-state index in [0.29, 0.717) is 6.04 Å². The van der Waals surface area contributed by atoms with Gasteiger partial charge in [0.2, 0.25) is 0 Å². The van der Waals surface area contributed by atoms with E-state index in [-0.39, 0.29) is 0 Å². The number of hydrogen-bond donors (Lipinski definition) is 1. The van der Waals surface area contributed by atoms with E-state index in [4.69, 9.17) is 10.1 Å². The van der Waals surface area contributed by atoms with Gasteiger partial charge < -0.3 is 15.1 Å². The van der Waals surface area contributed by atoms with E-state index >= 15 is 0 Å². The first-order valence-corrected chi connectivity index (χ1v) is 9.69. The van der Waals surface area contributed by atoms with Gasteiger partial charge in [-0.05, 0) is 32.2 Å². The molecule has 1 saturated heterocycles. The maximum Gasteiger partial charge on any atom is 0.160 e. The molecule has 0 spiro atoms. The van der Waals surface area contributed by atoms with Crippen molar-refractivity contribution in [3.05, 3.63) is 17.3 Å². The van der Waals surface area contributed by atoms with E-state index in [1.165, 1.54) is 37.1 Å². The van der Waals surface area contributed by atoms with Crippen LogP contribution in [0, 0.1) is 0 Å². The molecule has 1 N–H and O–H groups in total. The predicted molar refractivity (Wildman–Crippen MR) is 105 cm³/mol. The summed E-state index contributed by atoms with van der Waals surface area (Å²) >= 11 is 0. The van der Waals surface area contributed by atoms with Crippen LogP contribution in [-0.2, 0) is 6.42 Å². The molecule has 1 atom stereocenters. The molecule has 0 bridgehead atoms. The van der Waals surface area contributed by atoms with Crippen molar-refractivity contribution in [1.82, 2.24) is 19.9 Å². The Morgan fingerprint density at radius 2 is 2.00 bits per heavy atom.